The lowest BCUT2D eigenvalue weighted by Gasteiger charge is -2.28. The number of carbonyl (C=O) groups is 2. The van der Waals surface area contributed by atoms with Crippen molar-refractivity contribution >= 4 is 23.4 Å². The number of thiophene rings is 1. The molecule has 3 aromatic rings. The first-order valence-corrected chi connectivity index (χ1v) is 13.0. The highest BCUT2D eigenvalue weighted by atomic mass is 32.1. The smallest absolute Gasteiger partial charge is 0.407 e. The van der Waals surface area contributed by atoms with E-state index in [0.717, 1.165) is 50.7 Å². The summed E-state index contributed by atoms with van der Waals surface area (Å²) in [5.74, 6) is -0.395. The van der Waals surface area contributed by atoms with E-state index in [4.69, 9.17) is 14.5 Å². The molecule has 1 aromatic carbocycles. The molecule has 0 aliphatic heterocycles. The molecule has 1 amide bonds. The highest BCUT2D eigenvalue weighted by molar-refractivity contribution is 7.15. The Balaban J connectivity index is 1.43. The van der Waals surface area contributed by atoms with Gasteiger partial charge >= 0.3 is 12.1 Å². The van der Waals surface area contributed by atoms with Gasteiger partial charge in [-0.1, -0.05) is 30.3 Å². The minimum Gasteiger partial charge on any atom is -0.488 e. The van der Waals surface area contributed by atoms with Crippen molar-refractivity contribution in [1.29, 1.82) is 0 Å². The fraction of sp³-hybridized carbons (Fsp3) is 0.393. The Morgan fingerprint density at radius 3 is 2.67 bits per heavy atom. The van der Waals surface area contributed by atoms with E-state index in [2.05, 4.69) is 11.4 Å². The van der Waals surface area contributed by atoms with Crippen LogP contribution in [0.1, 0.15) is 52.9 Å². The quantitative estimate of drug-likeness (QED) is 0.377. The molecule has 2 heterocycles. The molecule has 2 atom stereocenters. The van der Waals surface area contributed by atoms with Crippen LogP contribution in [0.2, 0.25) is 0 Å². The van der Waals surface area contributed by atoms with Gasteiger partial charge in [-0.05, 0) is 75.3 Å². The number of hydrogen-bond donors (Lipinski definition) is 2. The standard InChI is InChI=1S/C28H32N2O5S/c1-17-12-24(35-23-11-7-10-21(14-23)27(31)32)19(3)30-25(17)26-22(13-18(2)36-26)15-29-28(33)34-16-20-8-5-4-6-9-20/h4-6,8-9,12-13,21,23H,7,10-11,14-16H2,1-3H3,(H,29,33)(H,31,32)/t21-,23-/m0/s1. The Labute approximate surface area is 215 Å². The molecule has 7 nitrogen and oxygen atoms in total. The topological polar surface area (TPSA) is 97.8 Å². The third kappa shape index (κ3) is 6.43. The number of ether oxygens (including phenoxy) is 2. The number of nitrogens with one attached hydrogen (secondary N) is 1. The molecule has 1 aliphatic carbocycles. The first-order valence-electron chi connectivity index (χ1n) is 12.2. The molecule has 0 saturated heterocycles. The summed E-state index contributed by atoms with van der Waals surface area (Å²) >= 11 is 1.64. The zero-order valence-electron chi connectivity index (χ0n) is 20.9. The van der Waals surface area contributed by atoms with Gasteiger partial charge in [-0.3, -0.25) is 4.79 Å². The van der Waals surface area contributed by atoms with Crippen LogP contribution in [0.15, 0.2) is 42.5 Å². The fourth-order valence-corrected chi connectivity index (χ4v) is 5.61. The van der Waals surface area contributed by atoms with Crippen LogP contribution in [0.5, 0.6) is 5.75 Å². The Morgan fingerprint density at radius 1 is 1.14 bits per heavy atom. The molecule has 4 rings (SSSR count). The molecule has 2 aromatic heterocycles. The molecule has 0 bridgehead atoms. The Bertz CT molecular complexity index is 1220. The predicted molar refractivity (Wildman–Crippen MR) is 139 cm³/mol. The monoisotopic (exact) mass is 508 g/mol. The van der Waals surface area contributed by atoms with E-state index >= 15 is 0 Å². The average molecular weight is 509 g/mol. The summed E-state index contributed by atoms with van der Waals surface area (Å²) in [5.41, 5.74) is 4.51. The first-order chi connectivity index (χ1) is 17.3. The molecule has 0 radical (unpaired) electrons. The second-order valence-electron chi connectivity index (χ2n) is 9.31. The number of benzene rings is 1. The van der Waals surface area contributed by atoms with E-state index in [0.29, 0.717) is 25.1 Å². The average Bonchev–Trinajstić information content (AvgIpc) is 3.24. The highest BCUT2D eigenvalue weighted by Crippen LogP contribution is 2.36. The minimum absolute atomic E-state index is 0.115. The Kier molecular flexibility index (Phi) is 8.25. The summed E-state index contributed by atoms with van der Waals surface area (Å²) in [6.07, 6.45) is 2.35. The number of pyridine rings is 1. The van der Waals surface area contributed by atoms with Gasteiger partial charge in [0.15, 0.2) is 0 Å². The van der Waals surface area contributed by atoms with Crippen LogP contribution in [-0.2, 0) is 22.7 Å². The van der Waals surface area contributed by atoms with Gasteiger partial charge in [-0.2, -0.15) is 0 Å². The van der Waals surface area contributed by atoms with Crippen LogP contribution in [0.25, 0.3) is 10.6 Å². The number of alkyl carbamates (subject to hydrolysis) is 1. The van der Waals surface area contributed by atoms with Crippen molar-refractivity contribution < 1.29 is 24.2 Å². The summed E-state index contributed by atoms with van der Waals surface area (Å²) in [5, 5.41) is 12.2. The maximum absolute atomic E-state index is 12.3. The van der Waals surface area contributed by atoms with Crippen molar-refractivity contribution in [1.82, 2.24) is 10.3 Å². The van der Waals surface area contributed by atoms with Gasteiger partial charge < -0.3 is 19.9 Å². The predicted octanol–water partition coefficient (Wildman–Crippen LogP) is 6.18. The lowest BCUT2D eigenvalue weighted by molar-refractivity contribution is -0.143. The maximum atomic E-state index is 12.3. The van der Waals surface area contributed by atoms with Gasteiger partial charge in [0.1, 0.15) is 12.4 Å². The number of nitrogens with zero attached hydrogens (tertiary/aromatic N) is 1. The second-order valence-corrected chi connectivity index (χ2v) is 10.6. The molecular formula is C28H32N2O5S. The summed E-state index contributed by atoms with van der Waals surface area (Å²) < 4.78 is 11.6. The number of rotatable bonds is 8. The zero-order chi connectivity index (χ0) is 25.7. The third-order valence-electron chi connectivity index (χ3n) is 6.41. The number of amides is 1. The molecule has 1 saturated carbocycles. The number of aromatic nitrogens is 1. The van der Waals surface area contributed by atoms with Crippen molar-refractivity contribution in [3.8, 4) is 16.3 Å². The number of aliphatic carboxylic acids is 1. The molecular weight excluding hydrogens is 476 g/mol. The maximum Gasteiger partial charge on any atom is 0.407 e. The van der Waals surface area contributed by atoms with E-state index in [1.807, 2.05) is 57.2 Å². The van der Waals surface area contributed by atoms with Crippen molar-refractivity contribution in [3.63, 3.8) is 0 Å². The van der Waals surface area contributed by atoms with Crippen LogP contribution in [0, 0.1) is 26.7 Å². The van der Waals surface area contributed by atoms with E-state index in [1.165, 1.54) is 0 Å². The highest BCUT2D eigenvalue weighted by Gasteiger charge is 2.28. The lowest BCUT2D eigenvalue weighted by Crippen LogP contribution is -2.29. The summed E-state index contributed by atoms with van der Waals surface area (Å²) in [7, 11) is 0. The number of carboxylic acids is 1. The van der Waals surface area contributed by atoms with Crippen LogP contribution in [0.3, 0.4) is 0 Å². The van der Waals surface area contributed by atoms with Gasteiger partial charge in [0.05, 0.1) is 28.3 Å². The van der Waals surface area contributed by atoms with E-state index in [9.17, 15) is 14.7 Å². The van der Waals surface area contributed by atoms with Crippen LogP contribution >= 0.6 is 11.3 Å². The zero-order valence-corrected chi connectivity index (χ0v) is 21.7. The summed E-state index contributed by atoms with van der Waals surface area (Å²) in [6.45, 7) is 6.50. The van der Waals surface area contributed by atoms with Gasteiger partial charge in [-0.15, -0.1) is 11.3 Å². The summed E-state index contributed by atoms with van der Waals surface area (Å²) in [4.78, 5) is 30.7. The van der Waals surface area contributed by atoms with Gasteiger partial charge in [0, 0.05) is 11.4 Å². The summed E-state index contributed by atoms with van der Waals surface area (Å²) in [6, 6.07) is 13.6. The molecule has 0 unspecified atom stereocenters. The van der Waals surface area contributed by atoms with Crippen molar-refractivity contribution in [2.45, 2.75) is 65.7 Å². The Morgan fingerprint density at radius 2 is 1.92 bits per heavy atom. The number of carboxylic acid groups (broad SMARTS) is 1. The third-order valence-corrected chi connectivity index (χ3v) is 7.51. The van der Waals surface area contributed by atoms with Gasteiger partial charge in [-0.25, -0.2) is 9.78 Å². The van der Waals surface area contributed by atoms with Crippen molar-refractivity contribution in [2.24, 2.45) is 5.92 Å². The first kappa shape index (κ1) is 25.7. The number of carbonyl (C=O) groups excluding carboxylic acids is 1. The van der Waals surface area contributed by atoms with Crippen molar-refractivity contribution in [3.05, 3.63) is 69.7 Å². The van der Waals surface area contributed by atoms with Crippen molar-refractivity contribution in [2.75, 3.05) is 0 Å². The van der Waals surface area contributed by atoms with E-state index < -0.39 is 12.1 Å². The molecule has 1 fully saturated rings. The van der Waals surface area contributed by atoms with E-state index in [-0.39, 0.29) is 18.6 Å². The molecule has 2 N–H and O–H groups in total. The second kappa shape index (κ2) is 11.6. The van der Waals surface area contributed by atoms with Crippen LogP contribution in [-0.4, -0.2) is 28.3 Å². The Hall–Kier alpha value is -3.39. The largest absolute Gasteiger partial charge is 0.488 e. The number of hydrogen-bond acceptors (Lipinski definition) is 6. The minimum atomic E-state index is -0.747. The SMILES string of the molecule is Cc1cc(CNC(=O)OCc2ccccc2)c(-c2nc(C)c(O[C@H]3CCC[C@H](C(=O)O)C3)cc2C)s1. The normalized spacial score (nSPS) is 17.4. The molecule has 1 aliphatic rings. The lowest BCUT2D eigenvalue weighted by atomic mass is 9.87. The molecule has 0 spiro atoms. The molecule has 8 heteroatoms. The van der Waals surface area contributed by atoms with Gasteiger partial charge in [0.2, 0.25) is 0 Å². The van der Waals surface area contributed by atoms with E-state index in [1.54, 1.807) is 11.3 Å². The molecule has 190 valence electrons. The molecule has 36 heavy (non-hydrogen) atoms. The number of aryl methyl sites for hydroxylation is 3. The van der Waals surface area contributed by atoms with Gasteiger partial charge in [0.25, 0.3) is 0 Å². The van der Waals surface area contributed by atoms with Crippen LogP contribution in [0.4, 0.5) is 4.79 Å². The fourth-order valence-electron chi connectivity index (χ4n) is 4.53. The van der Waals surface area contributed by atoms with Crippen LogP contribution < -0.4 is 10.1 Å².